The molecule has 7 N–H and O–H groups in total. The van der Waals surface area contributed by atoms with Crippen molar-refractivity contribution in [1.29, 1.82) is 0 Å². The molecule has 1 aliphatic rings. The average molecular weight is 432 g/mol. The first-order valence-electron chi connectivity index (χ1n) is 9.34. The highest BCUT2D eigenvalue weighted by atomic mass is 16.6. The van der Waals surface area contributed by atoms with Gasteiger partial charge in [0.2, 0.25) is 5.43 Å². The molecule has 0 saturated carbocycles. The van der Waals surface area contributed by atoms with E-state index in [-0.39, 0.29) is 27.8 Å². The summed E-state index contributed by atoms with van der Waals surface area (Å²) in [6.07, 6.45) is -6.43. The largest absolute Gasteiger partial charge is 0.508 e. The van der Waals surface area contributed by atoms with Crippen LogP contribution in [0, 0.1) is 0 Å². The molecule has 5 atom stereocenters. The van der Waals surface area contributed by atoms with E-state index in [9.17, 15) is 35.4 Å². The zero-order valence-electron chi connectivity index (χ0n) is 15.9. The second-order valence-electron chi connectivity index (χ2n) is 7.31. The lowest BCUT2D eigenvalue weighted by Crippen LogP contribution is -2.40. The van der Waals surface area contributed by atoms with Crippen molar-refractivity contribution in [3.8, 4) is 28.4 Å². The first kappa shape index (κ1) is 21.1. The highest BCUT2D eigenvalue weighted by Gasteiger charge is 2.48. The van der Waals surface area contributed by atoms with Gasteiger partial charge in [0.05, 0.1) is 17.7 Å². The smallest absolute Gasteiger partial charge is 0.204 e. The van der Waals surface area contributed by atoms with Gasteiger partial charge >= 0.3 is 0 Å². The van der Waals surface area contributed by atoms with Crippen molar-refractivity contribution in [2.75, 3.05) is 6.61 Å². The van der Waals surface area contributed by atoms with Gasteiger partial charge in [0.25, 0.3) is 0 Å². The van der Waals surface area contributed by atoms with Crippen LogP contribution >= 0.6 is 0 Å². The van der Waals surface area contributed by atoms with Gasteiger partial charge in [-0.25, -0.2) is 0 Å². The third kappa shape index (κ3) is 3.40. The highest BCUT2D eigenvalue weighted by Crippen LogP contribution is 2.44. The van der Waals surface area contributed by atoms with E-state index in [2.05, 4.69) is 0 Å². The molecule has 1 aliphatic heterocycles. The fourth-order valence-corrected chi connectivity index (χ4v) is 3.77. The standard InChI is InChI=1S/C21H20O10/c22-6-13(26)19-17(28)18(29)21(31-19)15-12(25)5-11(24)14-16(27)10(7-30-20(14)15)8-1-3-9(23)4-2-8/h1-5,7,13,17-19,21-26,28-29H,6H2/t13-,17-,18-,19-,21+/m1/s1. The van der Waals surface area contributed by atoms with E-state index in [0.29, 0.717) is 5.56 Å². The van der Waals surface area contributed by atoms with Crippen LogP contribution in [0.4, 0.5) is 0 Å². The van der Waals surface area contributed by atoms with E-state index in [1.54, 1.807) is 0 Å². The number of ether oxygens (including phenoxy) is 1. The van der Waals surface area contributed by atoms with Gasteiger partial charge in [0, 0.05) is 6.07 Å². The van der Waals surface area contributed by atoms with Gasteiger partial charge in [-0.15, -0.1) is 0 Å². The lowest BCUT2D eigenvalue weighted by Gasteiger charge is -2.19. The molecule has 0 spiro atoms. The minimum Gasteiger partial charge on any atom is -0.508 e. The molecule has 0 unspecified atom stereocenters. The van der Waals surface area contributed by atoms with Crippen LogP contribution in [-0.4, -0.2) is 66.8 Å². The van der Waals surface area contributed by atoms with E-state index in [4.69, 9.17) is 14.3 Å². The van der Waals surface area contributed by atoms with Crippen molar-refractivity contribution >= 4 is 11.0 Å². The second kappa shape index (κ2) is 7.84. The molecule has 0 radical (unpaired) electrons. The van der Waals surface area contributed by atoms with E-state index in [1.165, 1.54) is 24.3 Å². The normalized spacial score (nSPS) is 24.5. The van der Waals surface area contributed by atoms with Crippen LogP contribution in [0.25, 0.3) is 22.1 Å². The summed E-state index contributed by atoms with van der Waals surface area (Å²) in [5.74, 6) is -1.15. The van der Waals surface area contributed by atoms with Crippen LogP contribution < -0.4 is 5.43 Å². The molecule has 10 nitrogen and oxygen atoms in total. The summed E-state index contributed by atoms with van der Waals surface area (Å²) >= 11 is 0. The predicted octanol–water partition coefficient (Wildman–Crippen LogP) is 0.0917. The maximum Gasteiger partial charge on any atom is 0.204 e. The number of aromatic hydroxyl groups is 3. The number of rotatable bonds is 4. The average Bonchev–Trinajstić information content (AvgIpc) is 3.03. The number of aliphatic hydroxyl groups excluding tert-OH is 4. The molecule has 2 aromatic carbocycles. The van der Waals surface area contributed by atoms with Crippen LogP contribution in [0.3, 0.4) is 0 Å². The van der Waals surface area contributed by atoms with Crippen LogP contribution in [0.5, 0.6) is 17.2 Å². The number of hydrogen-bond acceptors (Lipinski definition) is 10. The summed E-state index contributed by atoms with van der Waals surface area (Å²) in [7, 11) is 0. The Bertz CT molecular complexity index is 1170. The zero-order valence-corrected chi connectivity index (χ0v) is 15.9. The highest BCUT2D eigenvalue weighted by molar-refractivity contribution is 5.91. The molecular weight excluding hydrogens is 412 g/mol. The number of benzene rings is 2. The lowest BCUT2D eigenvalue weighted by atomic mass is 9.96. The van der Waals surface area contributed by atoms with Gasteiger partial charge in [-0.2, -0.15) is 0 Å². The van der Waals surface area contributed by atoms with Gasteiger partial charge in [-0.1, -0.05) is 12.1 Å². The monoisotopic (exact) mass is 432 g/mol. The molecular formula is C21H20O10. The fraction of sp³-hybridized carbons (Fsp3) is 0.286. The molecule has 0 aliphatic carbocycles. The van der Waals surface area contributed by atoms with Crippen LogP contribution in [0.1, 0.15) is 11.7 Å². The Morgan fingerprint density at radius 3 is 2.32 bits per heavy atom. The Hall–Kier alpha value is -3.15. The summed E-state index contributed by atoms with van der Waals surface area (Å²) in [5, 5.41) is 69.4. The summed E-state index contributed by atoms with van der Waals surface area (Å²) in [6, 6.07) is 6.59. The number of aliphatic hydroxyl groups is 4. The summed E-state index contributed by atoms with van der Waals surface area (Å²) in [4.78, 5) is 13.1. The fourth-order valence-electron chi connectivity index (χ4n) is 3.77. The molecule has 1 fully saturated rings. The third-order valence-electron chi connectivity index (χ3n) is 5.37. The Kier molecular flexibility index (Phi) is 5.33. The van der Waals surface area contributed by atoms with Crippen molar-refractivity contribution in [3.05, 3.63) is 52.4 Å². The quantitative estimate of drug-likeness (QED) is 0.298. The van der Waals surface area contributed by atoms with Crippen molar-refractivity contribution in [2.45, 2.75) is 30.5 Å². The van der Waals surface area contributed by atoms with E-state index >= 15 is 0 Å². The van der Waals surface area contributed by atoms with Gasteiger partial charge < -0.3 is 44.9 Å². The second-order valence-corrected chi connectivity index (χ2v) is 7.31. The van der Waals surface area contributed by atoms with Crippen LogP contribution in [0.15, 0.2) is 45.8 Å². The topological polar surface area (TPSA) is 181 Å². The number of hydrogen-bond donors (Lipinski definition) is 7. The van der Waals surface area contributed by atoms with Gasteiger partial charge in [0.15, 0.2) is 5.58 Å². The summed E-state index contributed by atoms with van der Waals surface area (Å²) in [6.45, 7) is -0.742. The molecule has 31 heavy (non-hydrogen) atoms. The Morgan fingerprint density at radius 1 is 1.00 bits per heavy atom. The molecule has 1 saturated heterocycles. The van der Waals surface area contributed by atoms with Crippen molar-refractivity contribution < 1.29 is 44.9 Å². The summed E-state index contributed by atoms with van der Waals surface area (Å²) < 4.78 is 11.0. The van der Waals surface area contributed by atoms with Gasteiger partial charge in [0.1, 0.15) is 59.4 Å². The summed E-state index contributed by atoms with van der Waals surface area (Å²) in [5.41, 5.74) is -0.658. The molecule has 2 heterocycles. The van der Waals surface area contributed by atoms with Gasteiger partial charge in [-0.05, 0) is 17.7 Å². The Morgan fingerprint density at radius 2 is 1.68 bits per heavy atom. The maximum absolute atomic E-state index is 13.1. The predicted molar refractivity (Wildman–Crippen MR) is 106 cm³/mol. The van der Waals surface area contributed by atoms with Crippen molar-refractivity contribution in [3.63, 3.8) is 0 Å². The maximum atomic E-state index is 13.1. The minimum absolute atomic E-state index is 0.00506. The Labute approximate surface area is 174 Å². The number of phenols is 3. The molecule has 3 aromatic rings. The number of phenolic OH excluding ortho intramolecular Hbond substituents is 3. The lowest BCUT2D eigenvalue weighted by molar-refractivity contribution is -0.0822. The molecule has 164 valence electrons. The van der Waals surface area contributed by atoms with Crippen LogP contribution in [-0.2, 0) is 4.74 Å². The number of fused-ring (bicyclic) bond motifs is 1. The molecule has 0 amide bonds. The Balaban J connectivity index is 1.89. The van der Waals surface area contributed by atoms with Crippen molar-refractivity contribution in [1.82, 2.24) is 0 Å². The zero-order chi connectivity index (χ0) is 22.4. The molecule has 1 aromatic heterocycles. The van der Waals surface area contributed by atoms with E-state index < -0.39 is 54.1 Å². The van der Waals surface area contributed by atoms with Crippen molar-refractivity contribution in [2.24, 2.45) is 0 Å². The third-order valence-corrected chi connectivity index (χ3v) is 5.37. The van der Waals surface area contributed by atoms with E-state index in [1.807, 2.05) is 0 Å². The first-order valence-corrected chi connectivity index (χ1v) is 9.34. The first-order chi connectivity index (χ1) is 14.7. The SMILES string of the molecule is O=c1c(-c2ccc(O)cc2)coc2c([C@@H]3O[C@H]([C@H](O)CO)[C@H](O)[C@H]3O)c(O)cc(O)c12. The van der Waals surface area contributed by atoms with Crippen LogP contribution in [0.2, 0.25) is 0 Å². The minimum atomic E-state index is -1.63. The molecule has 4 rings (SSSR count). The van der Waals surface area contributed by atoms with E-state index in [0.717, 1.165) is 12.3 Å². The van der Waals surface area contributed by atoms with Gasteiger partial charge in [-0.3, -0.25) is 4.79 Å². The molecule has 0 bridgehead atoms. The molecule has 10 heteroatoms.